The van der Waals surface area contributed by atoms with E-state index in [1.54, 1.807) is 18.2 Å². The number of hydrogen-bond donors (Lipinski definition) is 1. The molecular formula is C31H32N4O4S. The minimum absolute atomic E-state index is 0.0460. The zero-order valence-corrected chi connectivity index (χ0v) is 24.0. The van der Waals surface area contributed by atoms with E-state index in [2.05, 4.69) is 17.2 Å². The predicted molar refractivity (Wildman–Crippen MR) is 158 cm³/mol. The van der Waals surface area contributed by atoms with Gasteiger partial charge in [0, 0.05) is 57.0 Å². The van der Waals surface area contributed by atoms with Gasteiger partial charge in [-0.3, -0.25) is 0 Å². The standard InChI is InChI=1S/C31H32N4O4S/c1-21-12-14-26(15-13-21)40(38,39)35-28-20-31(17-16-27(28)29(32-35)30(36)37,22-8-6-10-24(18-22)33(2)3)23-9-7-11-25(19-23)34(4)5/h6-19H,20H2,1-5H3,(H,36,37). The van der Waals surface area contributed by atoms with E-state index >= 15 is 0 Å². The number of fused-ring (bicyclic) bond motifs is 1. The lowest BCUT2D eigenvalue weighted by Crippen LogP contribution is -2.33. The van der Waals surface area contributed by atoms with Crippen molar-refractivity contribution in [1.82, 2.24) is 9.19 Å². The van der Waals surface area contributed by atoms with Crippen LogP contribution in [0.3, 0.4) is 0 Å². The summed E-state index contributed by atoms with van der Waals surface area (Å²) in [5, 5.41) is 14.1. The highest BCUT2D eigenvalue weighted by atomic mass is 32.2. The van der Waals surface area contributed by atoms with Crippen LogP contribution in [0.1, 0.15) is 38.4 Å². The highest BCUT2D eigenvalue weighted by Crippen LogP contribution is 2.44. The maximum Gasteiger partial charge on any atom is 0.357 e. The number of rotatable bonds is 7. The van der Waals surface area contributed by atoms with Crippen molar-refractivity contribution in [2.45, 2.75) is 23.7 Å². The number of anilines is 2. The summed E-state index contributed by atoms with van der Waals surface area (Å²) in [7, 11) is 3.70. The molecule has 0 unspecified atom stereocenters. The summed E-state index contributed by atoms with van der Waals surface area (Å²) in [5.41, 5.74) is 4.34. The van der Waals surface area contributed by atoms with E-state index in [1.807, 2.05) is 87.4 Å². The third-order valence-corrected chi connectivity index (χ3v) is 9.10. The van der Waals surface area contributed by atoms with Gasteiger partial charge in [0.25, 0.3) is 10.0 Å². The molecule has 0 bridgehead atoms. The molecule has 0 amide bonds. The molecule has 3 aromatic carbocycles. The molecule has 0 saturated heterocycles. The first-order chi connectivity index (χ1) is 18.9. The topological polar surface area (TPSA) is 95.7 Å². The Labute approximate surface area is 234 Å². The third-order valence-electron chi connectivity index (χ3n) is 7.47. The molecule has 9 heteroatoms. The number of aromatic nitrogens is 2. The molecule has 0 saturated carbocycles. The minimum Gasteiger partial charge on any atom is -0.476 e. The molecule has 1 aliphatic carbocycles. The molecule has 0 aliphatic heterocycles. The fraction of sp³-hybridized carbons (Fsp3) is 0.226. The molecule has 0 atom stereocenters. The molecule has 1 heterocycles. The first-order valence-corrected chi connectivity index (χ1v) is 14.3. The Balaban J connectivity index is 1.78. The summed E-state index contributed by atoms with van der Waals surface area (Å²) in [6.07, 6.45) is 3.88. The van der Waals surface area contributed by atoms with Crippen LogP contribution in [0.4, 0.5) is 11.4 Å². The van der Waals surface area contributed by atoms with Crippen molar-refractivity contribution in [2.24, 2.45) is 0 Å². The molecule has 5 rings (SSSR count). The van der Waals surface area contributed by atoms with Crippen LogP contribution < -0.4 is 9.80 Å². The molecule has 8 nitrogen and oxygen atoms in total. The van der Waals surface area contributed by atoms with Crippen molar-refractivity contribution in [3.63, 3.8) is 0 Å². The lowest BCUT2D eigenvalue weighted by molar-refractivity contribution is 0.0690. The number of carboxylic acids is 1. The number of aromatic carboxylic acids is 1. The molecule has 1 N–H and O–H groups in total. The number of carbonyl (C=O) groups is 1. The van der Waals surface area contributed by atoms with Crippen molar-refractivity contribution < 1.29 is 18.3 Å². The normalized spacial score (nSPS) is 14.0. The Bertz CT molecular complexity index is 1680. The first kappa shape index (κ1) is 27.2. The van der Waals surface area contributed by atoms with Crippen molar-refractivity contribution in [2.75, 3.05) is 38.0 Å². The van der Waals surface area contributed by atoms with E-state index in [0.29, 0.717) is 11.3 Å². The van der Waals surface area contributed by atoms with Crippen molar-refractivity contribution in [1.29, 1.82) is 0 Å². The quantitative estimate of drug-likeness (QED) is 0.349. The summed E-state index contributed by atoms with van der Waals surface area (Å²) in [5.74, 6) is -1.28. The minimum atomic E-state index is -4.18. The van der Waals surface area contributed by atoms with Gasteiger partial charge < -0.3 is 14.9 Å². The van der Waals surface area contributed by atoms with Crippen LogP contribution in [0.15, 0.2) is 83.8 Å². The second kappa shape index (κ2) is 9.98. The second-order valence-electron chi connectivity index (χ2n) is 10.5. The van der Waals surface area contributed by atoms with Crippen LogP contribution in [0.2, 0.25) is 0 Å². The largest absolute Gasteiger partial charge is 0.476 e. The summed E-state index contributed by atoms with van der Waals surface area (Å²) in [4.78, 5) is 16.3. The number of benzene rings is 3. The average Bonchev–Trinajstić information content (AvgIpc) is 3.33. The van der Waals surface area contributed by atoms with Crippen molar-refractivity contribution in [3.05, 3.63) is 113 Å². The molecule has 1 aliphatic rings. The van der Waals surface area contributed by atoms with Crippen molar-refractivity contribution >= 4 is 33.4 Å². The van der Waals surface area contributed by atoms with Gasteiger partial charge in [-0.05, 0) is 54.4 Å². The number of hydrogen-bond acceptors (Lipinski definition) is 6. The highest BCUT2D eigenvalue weighted by Gasteiger charge is 2.41. The monoisotopic (exact) mass is 556 g/mol. The zero-order chi connectivity index (χ0) is 28.8. The predicted octanol–water partition coefficient (Wildman–Crippen LogP) is 4.81. The Morgan fingerprint density at radius 1 is 0.900 bits per heavy atom. The summed E-state index contributed by atoms with van der Waals surface area (Å²) < 4.78 is 28.7. The highest BCUT2D eigenvalue weighted by molar-refractivity contribution is 7.89. The summed E-state index contributed by atoms with van der Waals surface area (Å²) in [6, 6.07) is 22.7. The Hall–Kier alpha value is -4.37. The van der Waals surface area contributed by atoms with E-state index in [-0.39, 0.29) is 17.0 Å². The van der Waals surface area contributed by atoms with Crippen LogP contribution in [-0.4, -0.2) is 56.9 Å². The first-order valence-electron chi connectivity index (χ1n) is 12.9. The van der Waals surface area contributed by atoms with E-state index in [4.69, 9.17) is 0 Å². The smallest absolute Gasteiger partial charge is 0.357 e. The van der Waals surface area contributed by atoms with Gasteiger partial charge in [0.15, 0.2) is 5.69 Å². The lowest BCUT2D eigenvalue weighted by atomic mass is 9.68. The van der Waals surface area contributed by atoms with Crippen LogP contribution in [0.25, 0.3) is 6.08 Å². The third kappa shape index (κ3) is 4.56. The summed E-state index contributed by atoms with van der Waals surface area (Å²) >= 11 is 0. The maximum atomic E-state index is 13.9. The Kier molecular flexibility index (Phi) is 6.79. The zero-order valence-electron chi connectivity index (χ0n) is 23.2. The lowest BCUT2D eigenvalue weighted by Gasteiger charge is -2.36. The number of aryl methyl sites for hydroxylation is 1. The average molecular weight is 557 g/mol. The fourth-order valence-electron chi connectivity index (χ4n) is 5.18. The maximum absolute atomic E-state index is 13.9. The number of nitrogens with zero attached hydrogens (tertiary/aromatic N) is 4. The van der Waals surface area contributed by atoms with Gasteiger partial charge in [0.05, 0.1) is 10.6 Å². The van der Waals surface area contributed by atoms with Crippen LogP contribution >= 0.6 is 0 Å². The fourth-order valence-corrected chi connectivity index (χ4v) is 6.51. The molecule has 0 radical (unpaired) electrons. The SMILES string of the molecule is Cc1ccc(S(=O)(=O)n2nc(C(=O)O)c3c2CC(c2cccc(N(C)C)c2)(c2cccc(N(C)C)c2)C=C3)cc1. The van der Waals surface area contributed by atoms with Gasteiger partial charge in [-0.25, -0.2) is 4.79 Å². The molecular weight excluding hydrogens is 524 g/mol. The van der Waals surface area contributed by atoms with Gasteiger partial charge in [0.2, 0.25) is 0 Å². The Morgan fingerprint density at radius 2 is 1.45 bits per heavy atom. The second-order valence-corrected chi connectivity index (χ2v) is 12.3. The molecule has 1 aromatic heterocycles. The van der Waals surface area contributed by atoms with Gasteiger partial charge in [0.1, 0.15) is 0 Å². The van der Waals surface area contributed by atoms with E-state index in [0.717, 1.165) is 32.2 Å². The van der Waals surface area contributed by atoms with Gasteiger partial charge >= 0.3 is 5.97 Å². The molecule has 0 spiro atoms. The van der Waals surface area contributed by atoms with Crippen LogP contribution in [-0.2, 0) is 21.9 Å². The summed E-state index contributed by atoms with van der Waals surface area (Å²) in [6.45, 7) is 1.87. The molecule has 0 fully saturated rings. The van der Waals surface area contributed by atoms with E-state index in [9.17, 15) is 18.3 Å². The van der Waals surface area contributed by atoms with E-state index < -0.39 is 21.4 Å². The molecule has 40 heavy (non-hydrogen) atoms. The van der Waals surface area contributed by atoms with Crippen LogP contribution in [0, 0.1) is 6.92 Å². The number of allylic oxidation sites excluding steroid dienone is 1. The Morgan fingerprint density at radius 3 is 1.95 bits per heavy atom. The molecule has 206 valence electrons. The number of carboxylic acid groups (broad SMARTS) is 1. The van der Waals surface area contributed by atoms with Gasteiger partial charge in [-0.15, -0.1) is 5.10 Å². The van der Waals surface area contributed by atoms with Crippen molar-refractivity contribution in [3.8, 4) is 0 Å². The molecule has 4 aromatic rings. The van der Waals surface area contributed by atoms with E-state index in [1.165, 1.54) is 12.1 Å². The van der Waals surface area contributed by atoms with Gasteiger partial charge in [-0.1, -0.05) is 54.1 Å². The van der Waals surface area contributed by atoms with Gasteiger partial charge in [-0.2, -0.15) is 12.5 Å². The van der Waals surface area contributed by atoms with Crippen LogP contribution in [0.5, 0.6) is 0 Å².